The van der Waals surface area contributed by atoms with Crippen LogP contribution in [0.15, 0.2) is 6.33 Å². The molecule has 2 aliphatic heterocycles. The summed E-state index contributed by atoms with van der Waals surface area (Å²) >= 11 is 0. The molecule has 8 heteroatoms. The molecule has 0 spiro atoms. The zero-order chi connectivity index (χ0) is 16.9. The van der Waals surface area contributed by atoms with Gasteiger partial charge in [-0.05, 0) is 32.9 Å². The lowest BCUT2D eigenvalue weighted by atomic mass is 10.1. The van der Waals surface area contributed by atoms with Crippen LogP contribution in [0.1, 0.15) is 38.1 Å². The summed E-state index contributed by atoms with van der Waals surface area (Å²) in [6, 6.07) is 0.127. The van der Waals surface area contributed by atoms with Crippen molar-refractivity contribution in [3.05, 3.63) is 12.2 Å². The number of nitrogens with zero attached hydrogens (tertiary/aromatic N) is 5. The summed E-state index contributed by atoms with van der Waals surface area (Å²) in [5.74, 6) is 0.758. The molecule has 0 aliphatic carbocycles. The Hall–Kier alpha value is -1.67. The second kappa shape index (κ2) is 7.94. The molecule has 2 saturated heterocycles. The predicted molar refractivity (Wildman–Crippen MR) is 89.6 cm³/mol. The lowest BCUT2D eigenvalue weighted by molar-refractivity contribution is -0.0218. The Morgan fingerprint density at radius 3 is 2.88 bits per heavy atom. The molecule has 134 valence electrons. The Balaban J connectivity index is 1.49. The number of likely N-dealkylation sites (tertiary alicyclic amines) is 1. The second-order valence-electron chi connectivity index (χ2n) is 6.82. The van der Waals surface area contributed by atoms with Crippen LogP contribution in [-0.4, -0.2) is 76.0 Å². The van der Waals surface area contributed by atoms with E-state index in [9.17, 15) is 4.79 Å². The average Bonchev–Trinajstić information content (AvgIpc) is 3.02. The first kappa shape index (κ1) is 17.2. The van der Waals surface area contributed by atoms with Gasteiger partial charge in [-0.15, -0.1) is 10.2 Å². The average molecular weight is 336 g/mol. The molecule has 0 saturated carbocycles. The summed E-state index contributed by atoms with van der Waals surface area (Å²) < 4.78 is 7.60. The van der Waals surface area contributed by atoms with Crippen molar-refractivity contribution in [2.75, 3.05) is 39.3 Å². The minimum Gasteiger partial charge on any atom is -0.366 e. The number of amides is 2. The summed E-state index contributed by atoms with van der Waals surface area (Å²) in [6.07, 6.45) is 5.30. The van der Waals surface area contributed by atoms with Gasteiger partial charge in [0.1, 0.15) is 12.4 Å². The molecular formula is C16H28N6O2. The van der Waals surface area contributed by atoms with Crippen LogP contribution in [0.3, 0.4) is 0 Å². The standard InChI is InChI=1S/C16H28N6O2/c1-13(10-21-6-4-3-5-7-21)18-16(23)22-8-9-24-14(11-22)15-19-17-12-20(15)2/h12-14H,3-11H2,1-2H3,(H,18,23). The monoisotopic (exact) mass is 336 g/mol. The van der Waals surface area contributed by atoms with Gasteiger partial charge in [0.25, 0.3) is 0 Å². The largest absolute Gasteiger partial charge is 0.366 e. The second-order valence-corrected chi connectivity index (χ2v) is 6.82. The van der Waals surface area contributed by atoms with E-state index in [1.165, 1.54) is 19.3 Å². The summed E-state index contributed by atoms with van der Waals surface area (Å²) in [4.78, 5) is 16.8. The fraction of sp³-hybridized carbons (Fsp3) is 0.812. The Morgan fingerprint density at radius 1 is 1.38 bits per heavy atom. The highest BCUT2D eigenvalue weighted by Gasteiger charge is 2.29. The van der Waals surface area contributed by atoms with Gasteiger partial charge >= 0.3 is 6.03 Å². The molecule has 3 rings (SSSR count). The summed E-state index contributed by atoms with van der Waals surface area (Å²) in [6.45, 7) is 6.92. The number of aryl methyl sites for hydroxylation is 1. The zero-order valence-corrected chi connectivity index (χ0v) is 14.6. The van der Waals surface area contributed by atoms with Crippen LogP contribution in [0.5, 0.6) is 0 Å². The summed E-state index contributed by atoms with van der Waals surface area (Å²) in [5, 5.41) is 11.1. The zero-order valence-electron chi connectivity index (χ0n) is 14.6. The molecule has 0 radical (unpaired) electrons. The highest BCUT2D eigenvalue weighted by molar-refractivity contribution is 5.74. The Kier molecular flexibility index (Phi) is 5.68. The van der Waals surface area contributed by atoms with Gasteiger partial charge in [-0.3, -0.25) is 0 Å². The Labute approximate surface area is 143 Å². The van der Waals surface area contributed by atoms with E-state index in [0.29, 0.717) is 19.7 Å². The van der Waals surface area contributed by atoms with Crippen LogP contribution in [0.4, 0.5) is 4.79 Å². The van der Waals surface area contributed by atoms with Crippen LogP contribution in [0.2, 0.25) is 0 Å². The maximum absolute atomic E-state index is 12.5. The van der Waals surface area contributed by atoms with Gasteiger partial charge in [-0.1, -0.05) is 6.42 Å². The Morgan fingerprint density at radius 2 is 2.17 bits per heavy atom. The molecule has 2 amide bonds. The van der Waals surface area contributed by atoms with Gasteiger partial charge < -0.3 is 24.4 Å². The van der Waals surface area contributed by atoms with Gasteiger partial charge in [0.15, 0.2) is 5.82 Å². The molecule has 2 fully saturated rings. The molecule has 2 aliphatic rings. The first-order valence-electron chi connectivity index (χ1n) is 8.87. The number of rotatable bonds is 4. The van der Waals surface area contributed by atoms with Crippen LogP contribution in [0.25, 0.3) is 0 Å². The van der Waals surface area contributed by atoms with E-state index in [0.717, 1.165) is 25.5 Å². The van der Waals surface area contributed by atoms with Gasteiger partial charge in [-0.2, -0.15) is 0 Å². The third-order valence-corrected chi connectivity index (χ3v) is 4.74. The Bertz CT molecular complexity index is 542. The minimum atomic E-state index is -0.214. The van der Waals surface area contributed by atoms with E-state index in [-0.39, 0.29) is 18.2 Å². The van der Waals surface area contributed by atoms with Crippen molar-refractivity contribution in [2.45, 2.75) is 38.3 Å². The van der Waals surface area contributed by atoms with Crippen molar-refractivity contribution in [1.29, 1.82) is 0 Å². The SMILES string of the molecule is CC(CN1CCCCC1)NC(=O)N1CCOC(c2nncn2C)C1. The third kappa shape index (κ3) is 4.24. The van der Waals surface area contributed by atoms with Crippen molar-refractivity contribution in [2.24, 2.45) is 7.05 Å². The first-order valence-corrected chi connectivity index (χ1v) is 8.87. The summed E-state index contributed by atoms with van der Waals surface area (Å²) in [7, 11) is 1.89. The number of aromatic nitrogens is 3. The van der Waals surface area contributed by atoms with Gasteiger partial charge in [0.05, 0.1) is 13.2 Å². The number of morpholine rings is 1. The van der Waals surface area contributed by atoms with Crippen molar-refractivity contribution >= 4 is 6.03 Å². The van der Waals surface area contributed by atoms with E-state index in [1.54, 1.807) is 6.33 Å². The van der Waals surface area contributed by atoms with E-state index in [4.69, 9.17) is 4.74 Å². The molecule has 0 aromatic carbocycles. The fourth-order valence-corrected chi connectivity index (χ4v) is 3.45. The van der Waals surface area contributed by atoms with Crippen molar-refractivity contribution in [3.63, 3.8) is 0 Å². The minimum absolute atomic E-state index is 0.0185. The maximum atomic E-state index is 12.5. The highest BCUT2D eigenvalue weighted by Crippen LogP contribution is 2.19. The van der Waals surface area contributed by atoms with E-state index in [2.05, 4.69) is 27.3 Å². The number of carbonyl (C=O) groups excluding carboxylic acids is 1. The molecular weight excluding hydrogens is 308 g/mol. The predicted octanol–water partition coefficient (Wildman–Crippen LogP) is 0.772. The van der Waals surface area contributed by atoms with Crippen LogP contribution >= 0.6 is 0 Å². The molecule has 1 aromatic rings. The number of urea groups is 1. The molecule has 24 heavy (non-hydrogen) atoms. The molecule has 2 unspecified atom stereocenters. The number of nitrogens with one attached hydrogen (secondary N) is 1. The molecule has 1 aromatic heterocycles. The van der Waals surface area contributed by atoms with Crippen molar-refractivity contribution in [1.82, 2.24) is 29.9 Å². The molecule has 3 heterocycles. The quantitative estimate of drug-likeness (QED) is 0.879. The fourth-order valence-electron chi connectivity index (χ4n) is 3.45. The summed E-state index contributed by atoms with van der Waals surface area (Å²) in [5.41, 5.74) is 0. The molecule has 1 N–H and O–H groups in total. The number of ether oxygens (including phenoxy) is 1. The van der Waals surface area contributed by atoms with Crippen molar-refractivity contribution in [3.8, 4) is 0 Å². The lowest BCUT2D eigenvalue weighted by Gasteiger charge is -2.34. The molecule has 0 bridgehead atoms. The highest BCUT2D eigenvalue weighted by atomic mass is 16.5. The lowest BCUT2D eigenvalue weighted by Crippen LogP contribution is -2.52. The maximum Gasteiger partial charge on any atom is 0.317 e. The van der Waals surface area contributed by atoms with Gasteiger partial charge in [0, 0.05) is 26.2 Å². The van der Waals surface area contributed by atoms with E-state index in [1.807, 2.05) is 16.5 Å². The molecule has 8 nitrogen and oxygen atoms in total. The van der Waals surface area contributed by atoms with Crippen molar-refractivity contribution < 1.29 is 9.53 Å². The number of hydrogen-bond donors (Lipinski definition) is 1. The van der Waals surface area contributed by atoms with E-state index >= 15 is 0 Å². The number of hydrogen-bond acceptors (Lipinski definition) is 5. The third-order valence-electron chi connectivity index (χ3n) is 4.74. The normalized spacial score (nSPS) is 23.9. The molecule has 2 atom stereocenters. The first-order chi connectivity index (χ1) is 11.6. The van der Waals surface area contributed by atoms with Crippen LogP contribution in [-0.2, 0) is 11.8 Å². The smallest absolute Gasteiger partial charge is 0.317 e. The number of carbonyl (C=O) groups is 1. The van der Waals surface area contributed by atoms with Gasteiger partial charge in [0.2, 0.25) is 0 Å². The van der Waals surface area contributed by atoms with E-state index < -0.39 is 0 Å². The van der Waals surface area contributed by atoms with Crippen LogP contribution in [0, 0.1) is 0 Å². The topological polar surface area (TPSA) is 75.5 Å². The van der Waals surface area contributed by atoms with Gasteiger partial charge in [-0.25, -0.2) is 4.79 Å². The van der Waals surface area contributed by atoms with Crippen LogP contribution < -0.4 is 5.32 Å². The number of piperidine rings is 1.